The summed E-state index contributed by atoms with van der Waals surface area (Å²) in [5.41, 5.74) is 0. The fourth-order valence-electron chi connectivity index (χ4n) is 0.689. The van der Waals surface area contributed by atoms with Crippen molar-refractivity contribution >= 4 is 22.3 Å². The molecule has 0 spiro atoms. The van der Waals surface area contributed by atoms with Gasteiger partial charge in [0.05, 0.1) is 7.05 Å². The molecule has 0 aromatic carbocycles. The highest BCUT2D eigenvalue weighted by Gasteiger charge is 2.09. The molecule has 13 heavy (non-hydrogen) atoms. The van der Waals surface area contributed by atoms with Crippen molar-refractivity contribution < 1.29 is 9.63 Å². The van der Waals surface area contributed by atoms with E-state index >= 15 is 0 Å². The smallest absolute Gasteiger partial charge is 0.317 e. The number of nitrogens with zero attached hydrogens (tertiary/aromatic N) is 3. The molecule has 0 aliphatic carbocycles. The van der Waals surface area contributed by atoms with Crippen LogP contribution in [0.25, 0.3) is 0 Å². The van der Waals surface area contributed by atoms with Crippen LogP contribution in [-0.2, 0) is 9.63 Å². The second kappa shape index (κ2) is 4.56. The Bertz CT molecular complexity index is 297. The zero-order chi connectivity index (χ0) is 9.68. The summed E-state index contributed by atoms with van der Waals surface area (Å²) in [5.74, 6) is -0.430. The van der Waals surface area contributed by atoms with Gasteiger partial charge in [-0.3, -0.25) is 0 Å². The monoisotopic (exact) mass is 199 g/mol. The standard InChI is InChI=1S/C7H9N3O2S/c1-6(11)12-10(9-8-2)7-4-3-5-13-7/h3-5H,1-2H3. The summed E-state index contributed by atoms with van der Waals surface area (Å²) in [4.78, 5) is 15.4. The molecule has 70 valence electrons. The van der Waals surface area contributed by atoms with Crippen molar-refractivity contribution in [1.82, 2.24) is 0 Å². The average Bonchev–Trinajstić information content (AvgIpc) is 2.54. The molecule has 0 radical (unpaired) electrons. The molecule has 6 heteroatoms. The zero-order valence-corrected chi connectivity index (χ0v) is 8.11. The van der Waals surface area contributed by atoms with Crippen molar-refractivity contribution in [2.45, 2.75) is 6.92 Å². The Morgan fingerprint density at radius 2 is 2.46 bits per heavy atom. The van der Waals surface area contributed by atoms with Crippen LogP contribution in [-0.4, -0.2) is 13.0 Å². The average molecular weight is 199 g/mol. The first-order valence-electron chi connectivity index (χ1n) is 3.56. The number of hydrogen-bond donors (Lipinski definition) is 0. The Labute approximate surface area is 79.6 Å². The summed E-state index contributed by atoms with van der Waals surface area (Å²) in [7, 11) is 1.50. The molecule has 1 aromatic heterocycles. The van der Waals surface area contributed by atoms with Gasteiger partial charge in [-0.15, -0.1) is 11.3 Å². The minimum atomic E-state index is -0.430. The highest BCUT2D eigenvalue weighted by molar-refractivity contribution is 7.14. The molecule has 0 saturated carbocycles. The van der Waals surface area contributed by atoms with E-state index in [9.17, 15) is 4.79 Å². The topological polar surface area (TPSA) is 54.3 Å². The van der Waals surface area contributed by atoms with Crippen molar-refractivity contribution in [1.29, 1.82) is 0 Å². The van der Waals surface area contributed by atoms with Gasteiger partial charge >= 0.3 is 5.97 Å². The number of carbonyl (C=O) groups is 1. The molecule has 0 fully saturated rings. The predicted molar refractivity (Wildman–Crippen MR) is 49.3 cm³/mol. The van der Waals surface area contributed by atoms with Crippen molar-refractivity contribution in [3.8, 4) is 0 Å². The molecule has 1 heterocycles. The maximum atomic E-state index is 10.7. The summed E-state index contributed by atoms with van der Waals surface area (Å²) in [6, 6.07) is 3.62. The zero-order valence-electron chi connectivity index (χ0n) is 7.30. The van der Waals surface area contributed by atoms with Crippen molar-refractivity contribution in [3.05, 3.63) is 17.5 Å². The third-order valence-electron chi connectivity index (χ3n) is 1.08. The lowest BCUT2D eigenvalue weighted by molar-refractivity contribution is -0.142. The fourth-order valence-corrected chi connectivity index (χ4v) is 1.31. The van der Waals surface area contributed by atoms with Crippen LogP contribution in [0.5, 0.6) is 0 Å². The summed E-state index contributed by atoms with van der Waals surface area (Å²) >= 11 is 1.41. The lowest BCUT2D eigenvalue weighted by Crippen LogP contribution is -2.18. The first-order chi connectivity index (χ1) is 6.24. The molecule has 1 aromatic rings. The Morgan fingerprint density at radius 1 is 1.69 bits per heavy atom. The van der Waals surface area contributed by atoms with Gasteiger partial charge in [-0.25, -0.2) is 4.79 Å². The van der Waals surface area contributed by atoms with Crippen molar-refractivity contribution in [2.24, 2.45) is 10.3 Å². The lowest BCUT2D eigenvalue weighted by Gasteiger charge is -2.11. The molecular weight excluding hydrogens is 190 g/mol. The predicted octanol–water partition coefficient (Wildman–Crippen LogP) is 2.03. The van der Waals surface area contributed by atoms with Crippen molar-refractivity contribution in [2.75, 3.05) is 12.2 Å². The molecule has 0 N–H and O–H groups in total. The van der Waals surface area contributed by atoms with Crippen molar-refractivity contribution in [3.63, 3.8) is 0 Å². The number of hydrogen-bond acceptors (Lipinski definition) is 5. The lowest BCUT2D eigenvalue weighted by atomic mass is 10.6. The van der Waals surface area contributed by atoms with Gasteiger partial charge in [0.2, 0.25) is 0 Å². The minimum Gasteiger partial charge on any atom is -0.317 e. The van der Waals surface area contributed by atoms with Crippen LogP contribution in [0.3, 0.4) is 0 Å². The summed E-state index contributed by atoms with van der Waals surface area (Å²) in [5, 5.41) is 10.8. The second-order valence-electron chi connectivity index (χ2n) is 2.10. The van der Waals surface area contributed by atoms with Gasteiger partial charge < -0.3 is 4.84 Å². The first-order valence-corrected chi connectivity index (χ1v) is 4.44. The third kappa shape index (κ3) is 2.83. The minimum absolute atomic E-state index is 0.430. The Kier molecular flexibility index (Phi) is 3.39. The normalized spacial score (nSPS) is 10.3. The van der Waals surface area contributed by atoms with Gasteiger partial charge in [0.15, 0.2) is 5.00 Å². The van der Waals surface area contributed by atoms with E-state index in [1.54, 1.807) is 6.07 Å². The van der Waals surface area contributed by atoms with E-state index in [0.717, 1.165) is 5.17 Å². The van der Waals surface area contributed by atoms with E-state index in [1.807, 2.05) is 11.4 Å². The van der Waals surface area contributed by atoms with E-state index in [4.69, 9.17) is 4.84 Å². The quantitative estimate of drug-likeness (QED) is 0.552. The highest BCUT2D eigenvalue weighted by Crippen LogP contribution is 2.21. The maximum absolute atomic E-state index is 10.7. The molecule has 5 nitrogen and oxygen atoms in total. The molecular formula is C7H9N3O2S. The molecule has 0 aliphatic heterocycles. The van der Waals surface area contributed by atoms with Gasteiger partial charge in [0.1, 0.15) is 0 Å². The van der Waals surface area contributed by atoms with Crippen LogP contribution in [0.1, 0.15) is 6.92 Å². The van der Waals surface area contributed by atoms with Crippen LogP contribution in [0.2, 0.25) is 0 Å². The molecule has 0 amide bonds. The fraction of sp³-hybridized carbons (Fsp3) is 0.286. The summed E-state index contributed by atoms with van der Waals surface area (Å²) < 4.78 is 0. The molecule has 1 rings (SSSR count). The Balaban J connectivity index is 2.74. The van der Waals surface area contributed by atoms with Gasteiger partial charge in [-0.05, 0) is 22.7 Å². The number of carbonyl (C=O) groups excluding carboxylic acids is 1. The van der Waals surface area contributed by atoms with Gasteiger partial charge in [-0.2, -0.15) is 5.11 Å². The number of rotatable bonds is 3. The van der Waals surface area contributed by atoms with E-state index in [0.29, 0.717) is 5.00 Å². The van der Waals surface area contributed by atoms with Crippen LogP contribution in [0.15, 0.2) is 27.9 Å². The SMILES string of the molecule is CN=NN(OC(C)=O)c1cccs1. The van der Waals surface area contributed by atoms with E-state index in [1.165, 1.54) is 25.3 Å². The number of anilines is 1. The van der Waals surface area contributed by atoms with Gasteiger partial charge in [-0.1, -0.05) is 5.17 Å². The molecule has 0 saturated heterocycles. The van der Waals surface area contributed by atoms with E-state index < -0.39 is 5.97 Å². The van der Waals surface area contributed by atoms with E-state index in [2.05, 4.69) is 10.3 Å². The first kappa shape index (κ1) is 9.66. The number of thiophene rings is 1. The second-order valence-corrected chi connectivity index (χ2v) is 3.02. The third-order valence-corrected chi connectivity index (χ3v) is 1.91. The van der Waals surface area contributed by atoms with Gasteiger partial charge in [0, 0.05) is 6.92 Å². The summed E-state index contributed by atoms with van der Waals surface area (Å²) in [6.45, 7) is 1.31. The van der Waals surface area contributed by atoms with Crippen LogP contribution < -0.4 is 5.17 Å². The van der Waals surface area contributed by atoms with Crippen LogP contribution in [0.4, 0.5) is 5.00 Å². The molecule has 0 aliphatic rings. The Hall–Kier alpha value is -1.43. The van der Waals surface area contributed by atoms with Crippen LogP contribution in [0, 0.1) is 0 Å². The highest BCUT2D eigenvalue weighted by atomic mass is 32.1. The van der Waals surface area contributed by atoms with Gasteiger partial charge in [0.25, 0.3) is 0 Å². The largest absolute Gasteiger partial charge is 0.332 e. The summed E-state index contributed by atoms with van der Waals surface area (Å²) in [6.07, 6.45) is 0. The maximum Gasteiger partial charge on any atom is 0.332 e. The van der Waals surface area contributed by atoms with Crippen LogP contribution >= 0.6 is 11.3 Å². The molecule has 0 bridgehead atoms. The molecule has 0 atom stereocenters. The Morgan fingerprint density at radius 3 is 2.92 bits per heavy atom. The molecule has 0 unspecified atom stereocenters. The van der Waals surface area contributed by atoms with E-state index in [-0.39, 0.29) is 0 Å².